The van der Waals surface area contributed by atoms with E-state index < -0.39 is 0 Å². The SMILES string of the molecule is Cn1c(=O)n(C)c2cc(-c3cc(Nc4ccc(Cl)cc4)nc(N4CCOCC4)n3)ccc21. The molecule has 2 aromatic carbocycles. The molecule has 32 heavy (non-hydrogen) atoms. The van der Waals surface area contributed by atoms with Crippen molar-refractivity contribution in [3.05, 3.63) is 64.0 Å². The molecule has 1 fully saturated rings. The first kappa shape index (κ1) is 20.5. The van der Waals surface area contributed by atoms with Crippen LogP contribution in [0.1, 0.15) is 0 Å². The summed E-state index contributed by atoms with van der Waals surface area (Å²) in [5.74, 6) is 1.32. The van der Waals surface area contributed by atoms with E-state index >= 15 is 0 Å². The van der Waals surface area contributed by atoms with E-state index in [9.17, 15) is 4.79 Å². The van der Waals surface area contributed by atoms with Gasteiger partial charge >= 0.3 is 5.69 Å². The highest BCUT2D eigenvalue weighted by Gasteiger charge is 2.17. The minimum absolute atomic E-state index is 0.0565. The van der Waals surface area contributed by atoms with E-state index in [-0.39, 0.29) is 5.69 Å². The van der Waals surface area contributed by atoms with E-state index in [0.29, 0.717) is 30.0 Å². The normalized spacial score (nSPS) is 14.2. The average molecular weight is 451 g/mol. The maximum Gasteiger partial charge on any atom is 0.328 e. The van der Waals surface area contributed by atoms with Crippen molar-refractivity contribution in [2.75, 3.05) is 36.5 Å². The number of hydrogen-bond acceptors (Lipinski definition) is 6. The Kier molecular flexibility index (Phi) is 5.32. The first-order valence-electron chi connectivity index (χ1n) is 10.4. The molecule has 2 aromatic heterocycles. The monoisotopic (exact) mass is 450 g/mol. The van der Waals surface area contributed by atoms with Gasteiger partial charge in [0.05, 0.1) is 29.9 Å². The number of nitrogens with one attached hydrogen (secondary N) is 1. The van der Waals surface area contributed by atoms with Gasteiger partial charge in [0, 0.05) is 49.5 Å². The number of ether oxygens (including phenoxy) is 1. The molecule has 1 aliphatic heterocycles. The highest BCUT2D eigenvalue weighted by atomic mass is 35.5. The van der Waals surface area contributed by atoms with Crippen LogP contribution in [0.25, 0.3) is 22.3 Å². The Bertz CT molecular complexity index is 1340. The van der Waals surface area contributed by atoms with Crippen molar-refractivity contribution in [3.8, 4) is 11.3 Å². The molecule has 1 aliphatic rings. The standard InChI is InChI=1S/C23H23ClN6O2/c1-28-19-8-3-15(13-20(19)29(2)23(28)31)18-14-21(25-17-6-4-16(24)5-7-17)27-22(26-18)30-9-11-32-12-10-30/h3-8,13-14H,9-12H2,1-2H3,(H,25,26,27). The van der Waals surface area contributed by atoms with Crippen LogP contribution < -0.4 is 15.9 Å². The molecule has 0 aliphatic carbocycles. The van der Waals surface area contributed by atoms with Gasteiger partial charge in [-0.2, -0.15) is 4.98 Å². The lowest BCUT2D eigenvalue weighted by atomic mass is 10.1. The smallest absolute Gasteiger partial charge is 0.328 e. The molecular formula is C23H23ClN6O2. The molecule has 8 nitrogen and oxygen atoms in total. The van der Waals surface area contributed by atoms with Gasteiger partial charge in [-0.05, 0) is 36.4 Å². The zero-order valence-electron chi connectivity index (χ0n) is 17.9. The second kappa shape index (κ2) is 8.29. The molecule has 1 saturated heterocycles. The van der Waals surface area contributed by atoms with Gasteiger partial charge in [-0.25, -0.2) is 9.78 Å². The van der Waals surface area contributed by atoms with Crippen LogP contribution in [-0.4, -0.2) is 45.4 Å². The maximum absolute atomic E-state index is 12.3. The van der Waals surface area contributed by atoms with Crippen molar-refractivity contribution in [2.45, 2.75) is 0 Å². The van der Waals surface area contributed by atoms with Gasteiger partial charge in [0.2, 0.25) is 5.95 Å². The summed E-state index contributed by atoms with van der Waals surface area (Å²) in [5, 5.41) is 4.03. The number of rotatable bonds is 4. The summed E-state index contributed by atoms with van der Waals surface area (Å²) in [6.45, 7) is 2.75. The Morgan fingerprint density at radius 2 is 1.66 bits per heavy atom. The van der Waals surface area contributed by atoms with Gasteiger partial charge in [-0.3, -0.25) is 9.13 Å². The molecule has 0 unspecified atom stereocenters. The van der Waals surface area contributed by atoms with Crippen molar-refractivity contribution >= 4 is 40.1 Å². The Morgan fingerprint density at radius 3 is 2.41 bits per heavy atom. The second-order valence-corrected chi connectivity index (χ2v) is 8.21. The molecule has 3 heterocycles. The third kappa shape index (κ3) is 3.83. The number of aryl methyl sites for hydroxylation is 2. The van der Waals surface area contributed by atoms with Crippen molar-refractivity contribution in [1.82, 2.24) is 19.1 Å². The van der Waals surface area contributed by atoms with Crippen LogP contribution in [0.15, 0.2) is 53.3 Å². The minimum Gasteiger partial charge on any atom is -0.378 e. The number of nitrogens with zero attached hydrogens (tertiary/aromatic N) is 5. The Balaban J connectivity index is 1.60. The average Bonchev–Trinajstić information content (AvgIpc) is 3.04. The van der Waals surface area contributed by atoms with E-state index in [1.54, 1.807) is 23.2 Å². The number of fused-ring (bicyclic) bond motifs is 1. The van der Waals surface area contributed by atoms with E-state index in [1.807, 2.05) is 48.5 Å². The van der Waals surface area contributed by atoms with Crippen LogP contribution >= 0.6 is 11.6 Å². The quantitative estimate of drug-likeness (QED) is 0.512. The maximum atomic E-state index is 12.3. The first-order valence-corrected chi connectivity index (χ1v) is 10.8. The highest BCUT2D eigenvalue weighted by Crippen LogP contribution is 2.28. The summed E-state index contributed by atoms with van der Waals surface area (Å²) in [6.07, 6.45) is 0. The van der Waals surface area contributed by atoms with Crippen molar-refractivity contribution in [2.24, 2.45) is 14.1 Å². The molecule has 0 spiro atoms. The number of halogens is 1. The molecule has 0 amide bonds. The molecule has 0 atom stereocenters. The molecule has 9 heteroatoms. The number of aromatic nitrogens is 4. The Hall–Kier alpha value is -3.36. The highest BCUT2D eigenvalue weighted by molar-refractivity contribution is 6.30. The number of imidazole rings is 1. The lowest BCUT2D eigenvalue weighted by Crippen LogP contribution is -2.37. The van der Waals surface area contributed by atoms with Crippen molar-refractivity contribution in [3.63, 3.8) is 0 Å². The summed E-state index contributed by atoms with van der Waals surface area (Å²) < 4.78 is 8.78. The number of anilines is 3. The number of benzene rings is 2. The molecule has 0 bridgehead atoms. The van der Waals surface area contributed by atoms with Crippen LogP contribution in [0.5, 0.6) is 0 Å². The van der Waals surface area contributed by atoms with Gasteiger partial charge in [0.25, 0.3) is 0 Å². The summed E-state index contributed by atoms with van der Waals surface area (Å²) in [5.41, 5.74) is 4.25. The molecule has 0 radical (unpaired) electrons. The minimum atomic E-state index is -0.0565. The third-order valence-corrected chi connectivity index (χ3v) is 5.94. The van der Waals surface area contributed by atoms with Gasteiger partial charge in [-0.1, -0.05) is 17.7 Å². The summed E-state index contributed by atoms with van der Waals surface area (Å²) >= 11 is 6.02. The van der Waals surface area contributed by atoms with Crippen LogP contribution in [0.4, 0.5) is 17.5 Å². The van der Waals surface area contributed by atoms with Crippen LogP contribution in [-0.2, 0) is 18.8 Å². The van der Waals surface area contributed by atoms with E-state index in [1.165, 1.54) is 0 Å². The van der Waals surface area contributed by atoms with Crippen molar-refractivity contribution in [1.29, 1.82) is 0 Å². The zero-order chi connectivity index (χ0) is 22.2. The van der Waals surface area contributed by atoms with E-state index in [4.69, 9.17) is 26.3 Å². The van der Waals surface area contributed by atoms with Gasteiger partial charge < -0.3 is 15.0 Å². The Morgan fingerprint density at radius 1 is 0.938 bits per heavy atom. The van der Waals surface area contributed by atoms with E-state index in [0.717, 1.165) is 41.1 Å². The summed E-state index contributed by atoms with van der Waals surface area (Å²) in [4.78, 5) is 24.1. The lowest BCUT2D eigenvalue weighted by molar-refractivity contribution is 0.122. The summed E-state index contributed by atoms with van der Waals surface area (Å²) in [6, 6.07) is 15.3. The van der Waals surface area contributed by atoms with Crippen LogP contribution in [0.3, 0.4) is 0 Å². The topological polar surface area (TPSA) is 77.2 Å². The van der Waals surface area contributed by atoms with Gasteiger partial charge in [0.15, 0.2) is 0 Å². The molecule has 0 saturated carbocycles. The molecule has 4 aromatic rings. The molecular weight excluding hydrogens is 428 g/mol. The fraction of sp³-hybridized carbons (Fsp3) is 0.261. The first-order chi connectivity index (χ1) is 15.5. The lowest BCUT2D eigenvalue weighted by Gasteiger charge is -2.27. The van der Waals surface area contributed by atoms with Gasteiger partial charge in [0.1, 0.15) is 5.82 Å². The molecule has 164 valence electrons. The Labute approximate surface area is 190 Å². The fourth-order valence-corrected chi connectivity index (χ4v) is 4.02. The summed E-state index contributed by atoms with van der Waals surface area (Å²) in [7, 11) is 3.56. The molecule has 1 N–H and O–H groups in total. The predicted molar refractivity (Wildman–Crippen MR) is 127 cm³/mol. The van der Waals surface area contributed by atoms with Crippen LogP contribution in [0.2, 0.25) is 5.02 Å². The van der Waals surface area contributed by atoms with E-state index in [2.05, 4.69) is 10.2 Å². The molecule has 5 rings (SSSR count). The fourth-order valence-electron chi connectivity index (χ4n) is 3.90. The third-order valence-electron chi connectivity index (χ3n) is 5.69. The van der Waals surface area contributed by atoms with Gasteiger partial charge in [-0.15, -0.1) is 0 Å². The van der Waals surface area contributed by atoms with Crippen LogP contribution in [0, 0.1) is 0 Å². The largest absolute Gasteiger partial charge is 0.378 e. The number of hydrogen-bond donors (Lipinski definition) is 1. The zero-order valence-corrected chi connectivity index (χ0v) is 18.6. The number of morpholine rings is 1. The van der Waals surface area contributed by atoms with Crippen molar-refractivity contribution < 1.29 is 4.74 Å². The second-order valence-electron chi connectivity index (χ2n) is 7.77. The predicted octanol–water partition coefficient (Wildman–Crippen LogP) is 3.57.